The number of benzene rings is 2. The first-order chi connectivity index (χ1) is 15.4. The fraction of sp³-hybridized carbons (Fsp3) is 0.130. The monoisotopic (exact) mass is 449 g/mol. The maximum Gasteiger partial charge on any atom is 0.273 e. The van der Waals surface area contributed by atoms with E-state index in [9.17, 15) is 14.9 Å². The molecule has 0 aliphatic carbocycles. The van der Waals surface area contributed by atoms with Crippen LogP contribution in [0, 0.1) is 24.0 Å². The number of amides is 1. The van der Waals surface area contributed by atoms with E-state index in [1.54, 1.807) is 50.4 Å². The van der Waals surface area contributed by atoms with Gasteiger partial charge in [-0.3, -0.25) is 14.9 Å². The zero-order chi connectivity index (χ0) is 22.8. The normalized spacial score (nSPS) is 15.9. The second kappa shape index (κ2) is 8.72. The summed E-state index contributed by atoms with van der Waals surface area (Å²) in [6.07, 6.45) is 1.62. The summed E-state index contributed by atoms with van der Waals surface area (Å²) >= 11 is 1.19. The highest BCUT2D eigenvalue weighted by Crippen LogP contribution is 2.34. The molecule has 3 aromatic rings. The predicted octanol–water partition coefficient (Wildman–Crippen LogP) is 5.37. The fourth-order valence-electron chi connectivity index (χ4n) is 3.32. The number of aryl methyl sites for hydroxylation is 2. The van der Waals surface area contributed by atoms with Crippen LogP contribution < -0.4 is 10.1 Å². The van der Waals surface area contributed by atoms with Crippen molar-refractivity contribution in [3.05, 3.63) is 80.4 Å². The Morgan fingerprint density at radius 1 is 1.16 bits per heavy atom. The average molecular weight is 449 g/mol. The number of amidine groups is 1. The molecule has 1 aliphatic rings. The number of para-hydroxylation sites is 2. The maximum atomic E-state index is 12.4. The molecule has 0 atom stereocenters. The summed E-state index contributed by atoms with van der Waals surface area (Å²) in [5, 5.41) is 14.5. The number of thioether (sulfide) groups is 1. The molecule has 0 bridgehead atoms. The predicted molar refractivity (Wildman–Crippen MR) is 124 cm³/mol. The molecular formula is C23H19N3O5S. The van der Waals surface area contributed by atoms with Crippen molar-refractivity contribution in [3.8, 4) is 17.1 Å². The lowest BCUT2D eigenvalue weighted by Gasteiger charge is -2.05. The highest BCUT2D eigenvalue weighted by Gasteiger charge is 2.25. The molecule has 1 saturated heterocycles. The number of aliphatic imine (C=N–C) groups is 1. The standard InChI is InChI=1S/C23H19N3O5S/c1-13-10-14(2)18(26(28)29)12-16(13)19-9-8-15(31-19)11-21-22(27)25-23(32-21)24-17-6-4-5-7-20(17)30-3/h4-12H,1-3H3,(H,24,25,27). The van der Waals surface area contributed by atoms with E-state index >= 15 is 0 Å². The van der Waals surface area contributed by atoms with Gasteiger partial charge in [-0.1, -0.05) is 12.1 Å². The second-order valence-corrected chi connectivity index (χ2v) is 8.10. The van der Waals surface area contributed by atoms with Gasteiger partial charge >= 0.3 is 0 Å². The molecule has 162 valence electrons. The average Bonchev–Trinajstić information content (AvgIpc) is 3.35. The van der Waals surface area contributed by atoms with E-state index in [-0.39, 0.29) is 11.6 Å². The van der Waals surface area contributed by atoms with Gasteiger partial charge in [-0.25, -0.2) is 4.99 Å². The number of rotatable bonds is 5. The molecule has 1 aromatic heterocycles. The van der Waals surface area contributed by atoms with Crippen molar-refractivity contribution in [2.24, 2.45) is 4.99 Å². The number of nitrogens with zero attached hydrogens (tertiary/aromatic N) is 2. The van der Waals surface area contributed by atoms with E-state index in [0.29, 0.717) is 44.2 Å². The smallest absolute Gasteiger partial charge is 0.273 e. The number of nitro benzene ring substituents is 1. The number of ether oxygens (including phenoxy) is 1. The van der Waals surface area contributed by atoms with Gasteiger partial charge in [0, 0.05) is 23.3 Å². The van der Waals surface area contributed by atoms with Gasteiger partial charge in [0.2, 0.25) is 0 Å². The van der Waals surface area contributed by atoms with Gasteiger partial charge < -0.3 is 14.5 Å². The lowest BCUT2D eigenvalue weighted by molar-refractivity contribution is -0.385. The molecular weight excluding hydrogens is 430 g/mol. The van der Waals surface area contributed by atoms with Gasteiger partial charge in [-0.05, 0) is 61.5 Å². The number of carbonyl (C=O) groups is 1. The Morgan fingerprint density at radius 3 is 2.69 bits per heavy atom. The molecule has 9 heteroatoms. The summed E-state index contributed by atoms with van der Waals surface area (Å²) in [7, 11) is 1.56. The third-order valence-electron chi connectivity index (χ3n) is 4.86. The van der Waals surface area contributed by atoms with Crippen LogP contribution in [0.1, 0.15) is 16.9 Å². The van der Waals surface area contributed by atoms with Crippen molar-refractivity contribution >= 4 is 40.3 Å². The highest BCUT2D eigenvalue weighted by atomic mass is 32.2. The third kappa shape index (κ3) is 4.28. The number of carbonyl (C=O) groups excluding carboxylic acids is 1. The Hall–Kier alpha value is -3.85. The number of hydrogen-bond donors (Lipinski definition) is 1. The SMILES string of the molecule is COc1ccccc1N=C1NC(=O)C(=Cc2ccc(-c3cc([N+](=O)[O-])c(C)cc3C)o2)S1. The summed E-state index contributed by atoms with van der Waals surface area (Å²) in [5.74, 6) is 1.26. The molecule has 1 N–H and O–H groups in total. The van der Waals surface area contributed by atoms with E-state index in [1.807, 2.05) is 19.1 Å². The topological polar surface area (TPSA) is 107 Å². The maximum absolute atomic E-state index is 12.4. The van der Waals surface area contributed by atoms with E-state index in [0.717, 1.165) is 5.56 Å². The van der Waals surface area contributed by atoms with Crippen molar-refractivity contribution in [3.63, 3.8) is 0 Å². The minimum atomic E-state index is -0.411. The quantitative estimate of drug-likeness (QED) is 0.319. The highest BCUT2D eigenvalue weighted by molar-refractivity contribution is 8.18. The Bertz CT molecular complexity index is 1290. The molecule has 1 amide bonds. The Morgan fingerprint density at radius 2 is 1.94 bits per heavy atom. The summed E-state index contributed by atoms with van der Waals surface area (Å²) < 4.78 is 11.2. The number of furan rings is 1. The minimum absolute atomic E-state index is 0.0322. The summed E-state index contributed by atoms with van der Waals surface area (Å²) in [4.78, 5) is 28.2. The summed E-state index contributed by atoms with van der Waals surface area (Å²) in [5.41, 5.74) is 2.72. The molecule has 4 rings (SSSR count). The van der Waals surface area contributed by atoms with Gasteiger partial charge in [0.05, 0.1) is 16.9 Å². The van der Waals surface area contributed by atoms with Crippen molar-refractivity contribution in [1.29, 1.82) is 0 Å². The van der Waals surface area contributed by atoms with Crippen LogP contribution in [-0.4, -0.2) is 23.1 Å². The van der Waals surface area contributed by atoms with Crippen LogP contribution >= 0.6 is 11.8 Å². The molecule has 2 aromatic carbocycles. The Kier molecular flexibility index (Phi) is 5.83. The molecule has 32 heavy (non-hydrogen) atoms. The number of hydrogen-bond acceptors (Lipinski definition) is 7. The Balaban J connectivity index is 1.60. The molecule has 0 saturated carbocycles. The first-order valence-electron chi connectivity index (χ1n) is 9.64. The molecule has 1 fully saturated rings. The zero-order valence-electron chi connectivity index (χ0n) is 17.5. The molecule has 0 unspecified atom stereocenters. The molecule has 0 spiro atoms. The molecule has 1 aliphatic heterocycles. The minimum Gasteiger partial charge on any atom is -0.494 e. The third-order valence-corrected chi connectivity index (χ3v) is 5.77. The van der Waals surface area contributed by atoms with Crippen LogP contribution in [0.4, 0.5) is 11.4 Å². The second-order valence-electron chi connectivity index (χ2n) is 7.07. The van der Waals surface area contributed by atoms with Gasteiger partial charge in [0.15, 0.2) is 5.17 Å². The van der Waals surface area contributed by atoms with Crippen molar-refractivity contribution in [2.45, 2.75) is 13.8 Å². The Labute approximate surface area is 188 Å². The van der Waals surface area contributed by atoms with Gasteiger partial charge in [-0.15, -0.1) is 0 Å². The van der Waals surface area contributed by atoms with Crippen molar-refractivity contribution < 1.29 is 18.9 Å². The van der Waals surface area contributed by atoms with Crippen LogP contribution in [0.5, 0.6) is 5.75 Å². The van der Waals surface area contributed by atoms with E-state index in [4.69, 9.17) is 9.15 Å². The van der Waals surface area contributed by atoms with Crippen LogP contribution in [-0.2, 0) is 4.79 Å². The molecule has 2 heterocycles. The van der Waals surface area contributed by atoms with E-state index < -0.39 is 4.92 Å². The molecule has 0 radical (unpaired) electrons. The lowest BCUT2D eigenvalue weighted by atomic mass is 10.0. The largest absolute Gasteiger partial charge is 0.494 e. The first kappa shape index (κ1) is 21.4. The molecule has 8 nitrogen and oxygen atoms in total. The van der Waals surface area contributed by atoms with Gasteiger partial charge in [-0.2, -0.15) is 0 Å². The van der Waals surface area contributed by atoms with E-state index in [1.165, 1.54) is 17.8 Å². The summed E-state index contributed by atoms with van der Waals surface area (Å²) in [6, 6.07) is 14.0. The van der Waals surface area contributed by atoms with Crippen LogP contribution in [0.3, 0.4) is 0 Å². The van der Waals surface area contributed by atoms with E-state index in [2.05, 4.69) is 10.3 Å². The van der Waals surface area contributed by atoms with Crippen LogP contribution in [0.2, 0.25) is 0 Å². The number of methoxy groups -OCH3 is 1. The fourth-order valence-corrected chi connectivity index (χ4v) is 4.13. The van der Waals surface area contributed by atoms with Crippen molar-refractivity contribution in [1.82, 2.24) is 5.32 Å². The summed E-state index contributed by atoms with van der Waals surface area (Å²) in [6.45, 7) is 3.57. The van der Waals surface area contributed by atoms with Crippen LogP contribution in [0.25, 0.3) is 17.4 Å². The van der Waals surface area contributed by atoms with Crippen molar-refractivity contribution in [2.75, 3.05) is 7.11 Å². The lowest BCUT2D eigenvalue weighted by Crippen LogP contribution is -2.19. The first-order valence-corrected chi connectivity index (χ1v) is 10.5. The number of nitro groups is 1. The van der Waals surface area contributed by atoms with Gasteiger partial charge in [0.1, 0.15) is 23.0 Å². The van der Waals surface area contributed by atoms with Crippen LogP contribution in [0.15, 0.2) is 62.8 Å². The number of nitrogens with one attached hydrogen (secondary N) is 1. The zero-order valence-corrected chi connectivity index (χ0v) is 18.4. The van der Waals surface area contributed by atoms with Gasteiger partial charge in [0.25, 0.3) is 11.6 Å².